The van der Waals surface area contributed by atoms with E-state index in [1.165, 1.54) is 12.1 Å². The van der Waals surface area contributed by atoms with Crippen molar-refractivity contribution < 1.29 is 9.18 Å². The molecule has 20 heavy (non-hydrogen) atoms. The van der Waals surface area contributed by atoms with Gasteiger partial charge in [0.1, 0.15) is 5.82 Å². The van der Waals surface area contributed by atoms with Crippen LogP contribution in [0.2, 0.25) is 5.02 Å². The lowest BCUT2D eigenvalue weighted by Crippen LogP contribution is -2.52. The first-order chi connectivity index (χ1) is 9.47. The SMILES string of the molecule is CC1CCC(CBr)(NC(=O)c2cccc(F)c2Cl)CC1. The highest BCUT2D eigenvalue weighted by molar-refractivity contribution is 9.09. The van der Waals surface area contributed by atoms with E-state index in [4.69, 9.17) is 11.6 Å². The molecule has 0 spiro atoms. The van der Waals surface area contributed by atoms with Crippen molar-refractivity contribution in [2.75, 3.05) is 5.33 Å². The Hall–Kier alpha value is -0.610. The van der Waals surface area contributed by atoms with Gasteiger partial charge in [-0.05, 0) is 43.7 Å². The number of hydrogen-bond acceptors (Lipinski definition) is 1. The van der Waals surface area contributed by atoms with Crippen molar-refractivity contribution in [1.82, 2.24) is 5.32 Å². The lowest BCUT2D eigenvalue weighted by Gasteiger charge is -2.39. The summed E-state index contributed by atoms with van der Waals surface area (Å²) < 4.78 is 13.4. The van der Waals surface area contributed by atoms with Crippen LogP contribution in [-0.2, 0) is 0 Å². The van der Waals surface area contributed by atoms with Crippen LogP contribution in [0.3, 0.4) is 0 Å². The van der Waals surface area contributed by atoms with Crippen molar-refractivity contribution in [3.05, 3.63) is 34.6 Å². The number of alkyl halides is 1. The lowest BCUT2D eigenvalue weighted by atomic mass is 9.78. The van der Waals surface area contributed by atoms with Gasteiger partial charge < -0.3 is 5.32 Å². The number of carbonyl (C=O) groups excluding carboxylic acids is 1. The van der Waals surface area contributed by atoms with Crippen LogP contribution in [0.25, 0.3) is 0 Å². The Labute approximate surface area is 132 Å². The summed E-state index contributed by atoms with van der Waals surface area (Å²) in [4.78, 5) is 12.3. The van der Waals surface area contributed by atoms with Gasteiger partial charge in [0, 0.05) is 5.33 Å². The Bertz CT molecular complexity index is 501. The molecular formula is C15H18BrClFNO. The Kier molecular flexibility index (Phi) is 5.08. The first-order valence-electron chi connectivity index (χ1n) is 6.80. The van der Waals surface area contributed by atoms with E-state index in [9.17, 15) is 9.18 Å². The Morgan fingerprint density at radius 3 is 2.75 bits per heavy atom. The van der Waals surface area contributed by atoms with Crippen molar-refractivity contribution in [3.63, 3.8) is 0 Å². The molecule has 5 heteroatoms. The Morgan fingerprint density at radius 1 is 1.50 bits per heavy atom. The number of carbonyl (C=O) groups is 1. The topological polar surface area (TPSA) is 29.1 Å². The first-order valence-corrected chi connectivity index (χ1v) is 8.30. The van der Waals surface area contributed by atoms with E-state index in [0.29, 0.717) is 11.2 Å². The molecular weight excluding hydrogens is 345 g/mol. The van der Waals surface area contributed by atoms with E-state index in [1.807, 2.05) is 0 Å². The molecule has 0 aliphatic heterocycles. The van der Waals surface area contributed by atoms with E-state index < -0.39 is 5.82 Å². The van der Waals surface area contributed by atoms with Gasteiger partial charge in [0.2, 0.25) is 0 Å². The van der Waals surface area contributed by atoms with Crippen LogP contribution in [0.5, 0.6) is 0 Å². The van der Waals surface area contributed by atoms with E-state index in [0.717, 1.165) is 25.7 Å². The number of rotatable bonds is 3. The highest BCUT2D eigenvalue weighted by atomic mass is 79.9. The molecule has 0 atom stereocenters. The van der Waals surface area contributed by atoms with Gasteiger partial charge in [-0.2, -0.15) is 0 Å². The fourth-order valence-corrected chi connectivity index (χ4v) is 3.51. The fraction of sp³-hybridized carbons (Fsp3) is 0.533. The van der Waals surface area contributed by atoms with Crippen molar-refractivity contribution in [2.24, 2.45) is 5.92 Å². The molecule has 1 saturated carbocycles. The van der Waals surface area contributed by atoms with Crippen LogP contribution in [0, 0.1) is 11.7 Å². The second-order valence-corrected chi connectivity index (χ2v) is 6.59. The first kappa shape index (κ1) is 15.8. The average molecular weight is 363 g/mol. The van der Waals surface area contributed by atoms with Crippen LogP contribution in [0.15, 0.2) is 18.2 Å². The molecule has 0 saturated heterocycles. The fourth-order valence-electron chi connectivity index (χ4n) is 2.59. The average Bonchev–Trinajstić information content (AvgIpc) is 2.44. The zero-order chi connectivity index (χ0) is 14.8. The van der Waals surface area contributed by atoms with Crippen molar-refractivity contribution in [2.45, 2.75) is 38.1 Å². The number of nitrogens with one attached hydrogen (secondary N) is 1. The second kappa shape index (κ2) is 6.44. The number of halogens is 3. The summed E-state index contributed by atoms with van der Waals surface area (Å²) in [6.45, 7) is 2.23. The lowest BCUT2D eigenvalue weighted by molar-refractivity contribution is 0.0874. The summed E-state index contributed by atoms with van der Waals surface area (Å²) in [7, 11) is 0. The molecule has 1 aromatic carbocycles. The third-order valence-corrected chi connectivity index (χ3v) is 5.52. The van der Waals surface area contributed by atoms with E-state index in [2.05, 4.69) is 28.2 Å². The Morgan fingerprint density at radius 2 is 2.15 bits per heavy atom. The van der Waals surface area contributed by atoms with Crippen LogP contribution in [0.4, 0.5) is 4.39 Å². The van der Waals surface area contributed by atoms with E-state index >= 15 is 0 Å². The van der Waals surface area contributed by atoms with Crippen LogP contribution < -0.4 is 5.32 Å². The van der Waals surface area contributed by atoms with Gasteiger partial charge in [-0.3, -0.25) is 4.79 Å². The molecule has 0 aromatic heterocycles. The molecule has 1 amide bonds. The van der Waals surface area contributed by atoms with Gasteiger partial charge in [-0.15, -0.1) is 0 Å². The predicted molar refractivity (Wildman–Crippen MR) is 83.0 cm³/mol. The molecule has 0 unspecified atom stereocenters. The molecule has 1 aromatic rings. The third kappa shape index (κ3) is 3.34. The van der Waals surface area contributed by atoms with E-state index in [-0.39, 0.29) is 22.0 Å². The van der Waals surface area contributed by atoms with Crippen LogP contribution >= 0.6 is 27.5 Å². The molecule has 110 valence electrons. The summed E-state index contributed by atoms with van der Waals surface area (Å²) >= 11 is 9.37. The number of benzene rings is 1. The summed E-state index contributed by atoms with van der Waals surface area (Å²) in [6.07, 6.45) is 4.03. The summed E-state index contributed by atoms with van der Waals surface area (Å²) in [6, 6.07) is 4.30. The van der Waals surface area contributed by atoms with Gasteiger partial charge in [0.05, 0.1) is 16.1 Å². The van der Waals surface area contributed by atoms with Crippen molar-refractivity contribution >= 4 is 33.4 Å². The summed E-state index contributed by atoms with van der Waals surface area (Å²) in [5.41, 5.74) is -0.0511. The van der Waals surface area contributed by atoms with Crippen LogP contribution in [-0.4, -0.2) is 16.8 Å². The maximum atomic E-state index is 13.4. The van der Waals surface area contributed by atoms with Crippen molar-refractivity contribution in [1.29, 1.82) is 0 Å². The molecule has 1 aliphatic carbocycles. The standard InChI is InChI=1S/C15H18BrClFNO/c1-10-5-7-15(9-16,8-6-10)19-14(20)11-3-2-4-12(18)13(11)17/h2-4,10H,5-9H2,1H3,(H,19,20). The minimum absolute atomic E-state index is 0.112. The zero-order valence-corrected chi connectivity index (χ0v) is 13.7. The molecule has 0 bridgehead atoms. The minimum Gasteiger partial charge on any atom is -0.346 e. The number of hydrogen-bond donors (Lipinski definition) is 1. The van der Waals surface area contributed by atoms with Gasteiger partial charge in [-0.1, -0.05) is 40.5 Å². The highest BCUT2D eigenvalue weighted by Crippen LogP contribution is 2.33. The maximum Gasteiger partial charge on any atom is 0.253 e. The summed E-state index contributed by atoms with van der Waals surface area (Å²) in [5, 5.41) is 3.64. The van der Waals surface area contributed by atoms with Gasteiger partial charge in [-0.25, -0.2) is 4.39 Å². The molecule has 0 heterocycles. The monoisotopic (exact) mass is 361 g/mol. The van der Waals surface area contributed by atoms with Crippen LogP contribution in [0.1, 0.15) is 43.0 Å². The van der Waals surface area contributed by atoms with Crippen molar-refractivity contribution in [3.8, 4) is 0 Å². The second-order valence-electron chi connectivity index (χ2n) is 5.65. The highest BCUT2D eigenvalue weighted by Gasteiger charge is 2.35. The van der Waals surface area contributed by atoms with Gasteiger partial charge in [0.15, 0.2) is 0 Å². The smallest absolute Gasteiger partial charge is 0.253 e. The van der Waals surface area contributed by atoms with Gasteiger partial charge in [0.25, 0.3) is 5.91 Å². The Balaban J connectivity index is 2.15. The van der Waals surface area contributed by atoms with E-state index in [1.54, 1.807) is 6.07 Å². The molecule has 1 fully saturated rings. The quantitative estimate of drug-likeness (QED) is 0.785. The molecule has 0 radical (unpaired) electrons. The zero-order valence-electron chi connectivity index (χ0n) is 11.4. The third-order valence-electron chi connectivity index (χ3n) is 4.06. The maximum absolute atomic E-state index is 13.4. The summed E-state index contributed by atoms with van der Waals surface area (Å²) in [5.74, 6) is -0.176. The largest absolute Gasteiger partial charge is 0.346 e. The van der Waals surface area contributed by atoms with Gasteiger partial charge >= 0.3 is 0 Å². The molecule has 2 rings (SSSR count). The normalized spacial score (nSPS) is 26.3. The predicted octanol–water partition coefficient (Wildman–Crippen LogP) is 4.55. The molecule has 2 nitrogen and oxygen atoms in total. The minimum atomic E-state index is -0.565. The molecule has 1 aliphatic rings. The number of amides is 1. The molecule has 1 N–H and O–H groups in total.